The van der Waals surface area contributed by atoms with Crippen LogP contribution in [0.2, 0.25) is 0 Å². The summed E-state index contributed by atoms with van der Waals surface area (Å²) in [5, 5.41) is 3.39. The van der Waals surface area contributed by atoms with Gasteiger partial charge in [0.2, 0.25) is 0 Å². The van der Waals surface area contributed by atoms with Crippen molar-refractivity contribution in [3.05, 3.63) is 53.3 Å². The lowest BCUT2D eigenvalue weighted by atomic mass is 10.1. The van der Waals surface area contributed by atoms with E-state index in [9.17, 15) is 4.79 Å². The highest BCUT2D eigenvalue weighted by atomic mass is 16.5. The van der Waals surface area contributed by atoms with Crippen molar-refractivity contribution >= 4 is 11.7 Å². The van der Waals surface area contributed by atoms with Gasteiger partial charge >= 0.3 is 5.97 Å². The summed E-state index contributed by atoms with van der Waals surface area (Å²) >= 11 is 0. The molecular weight excluding hydrogens is 352 g/mol. The summed E-state index contributed by atoms with van der Waals surface area (Å²) in [4.78, 5) is 16.3. The minimum Gasteiger partial charge on any atom is -0.493 e. The van der Waals surface area contributed by atoms with Crippen LogP contribution in [0, 0.1) is 0 Å². The highest BCUT2D eigenvalue weighted by molar-refractivity contribution is 5.70. The van der Waals surface area contributed by atoms with Gasteiger partial charge in [-0.2, -0.15) is 0 Å². The van der Waals surface area contributed by atoms with Gasteiger partial charge in [0, 0.05) is 31.0 Å². The smallest absolute Gasteiger partial charge is 0.306 e. The number of aromatic nitrogens is 1. The minimum absolute atomic E-state index is 0.0513. The van der Waals surface area contributed by atoms with Crippen molar-refractivity contribution in [1.82, 2.24) is 4.98 Å². The van der Waals surface area contributed by atoms with Crippen LogP contribution in [0.1, 0.15) is 55.5 Å². The van der Waals surface area contributed by atoms with Crippen LogP contribution < -0.4 is 10.1 Å². The zero-order valence-electron chi connectivity index (χ0n) is 16.4. The van der Waals surface area contributed by atoms with Crippen molar-refractivity contribution in [2.45, 2.75) is 57.5 Å². The summed E-state index contributed by atoms with van der Waals surface area (Å²) in [6, 6.07) is 12.4. The fourth-order valence-electron chi connectivity index (χ4n) is 3.69. The van der Waals surface area contributed by atoms with Crippen LogP contribution >= 0.6 is 0 Å². The molecule has 5 heteroatoms. The van der Waals surface area contributed by atoms with E-state index >= 15 is 0 Å². The van der Waals surface area contributed by atoms with E-state index in [0.29, 0.717) is 18.9 Å². The summed E-state index contributed by atoms with van der Waals surface area (Å²) in [5.41, 5.74) is 4.64. The minimum atomic E-state index is -0.0819. The van der Waals surface area contributed by atoms with Crippen molar-refractivity contribution in [1.29, 1.82) is 0 Å². The van der Waals surface area contributed by atoms with Gasteiger partial charge in [-0.05, 0) is 55.5 Å². The van der Waals surface area contributed by atoms with Gasteiger partial charge in [0.15, 0.2) is 0 Å². The van der Waals surface area contributed by atoms with E-state index in [1.807, 2.05) is 19.1 Å². The number of esters is 1. The predicted octanol–water partition coefficient (Wildman–Crippen LogP) is 4.26. The van der Waals surface area contributed by atoms with Crippen molar-refractivity contribution in [3.63, 3.8) is 0 Å². The maximum Gasteiger partial charge on any atom is 0.306 e. The third-order valence-corrected chi connectivity index (χ3v) is 5.34. The Hall–Kier alpha value is -2.56. The fraction of sp³-hybridized carbons (Fsp3) is 0.478. The standard InChI is InChI=1S/C23H28N2O3/c1-2-4-23(26)28-22-15-19(22)16-6-9-18(10-7-16)27-14-12-17-8-11-20-21(25-17)5-3-13-24-20/h6-11,19,22,24H,2-5,12-15H2,1H3. The highest BCUT2D eigenvalue weighted by Crippen LogP contribution is 2.43. The maximum absolute atomic E-state index is 11.6. The zero-order valence-corrected chi connectivity index (χ0v) is 16.4. The SMILES string of the molecule is CCCC(=O)OC1CC1c1ccc(OCCc2ccc3c(n2)CCCN3)cc1. The van der Waals surface area contributed by atoms with E-state index in [2.05, 4.69) is 29.6 Å². The lowest BCUT2D eigenvalue weighted by Gasteiger charge is -2.17. The van der Waals surface area contributed by atoms with Gasteiger partial charge in [-0.25, -0.2) is 0 Å². The number of aryl methyl sites for hydroxylation is 1. The Labute approximate surface area is 166 Å². The van der Waals surface area contributed by atoms with Gasteiger partial charge < -0.3 is 14.8 Å². The highest BCUT2D eigenvalue weighted by Gasteiger charge is 2.41. The summed E-state index contributed by atoms with van der Waals surface area (Å²) in [7, 11) is 0. The first-order chi connectivity index (χ1) is 13.7. The molecule has 1 aromatic carbocycles. The lowest BCUT2D eigenvalue weighted by molar-refractivity contribution is -0.145. The number of ether oxygens (including phenoxy) is 2. The topological polar surface area (TPSA) is 60.5 Å². The molecular formula is C23H28N2O3. The predicted molar refractivity (Wildman–Crippen MR) is 109 cm³/mol. The second-order valence-electron chi connectivity index (χ2n) is 7.62. The Morgan fingerprint density at radius 2 is 2.07 bits per heavy atom. The molecule has 0 bridgehead atoms. The largest absolute Gasteiger partial charge is 0.493 e. The second kappa shape index (κ2) is 8.63. The first-order valence-corrected chi connectivity index (χ1v) is 10.4. The van der Waals surface area contributed by atoms with Crippen molar-refractivity contribution in [3.8, 4) is 5.75 Å². The molecule has 28 heavy (non-hydrogen) atoms. The van der Waals surface area contributed by atoms with Crippen LogP contribution in [0.4, 0.5) is 5.69 Å². The molecule has 0 amide bonds. The number of pyridine rings is 1. The van der Waals surface area contributed by atoms with Crippen molar-refractivity contribution in [2.24, 2.45) is 0 Å². The average molecular weight is 380 g/mol. The normalized spacial score (nSPS) is 20.0. The molecule has 2 aromatic rings. The van der Waals surface area contributed by atoms with Gasteiger partial charge in [0.05, 0.1) is 18.0 Å². The number of hydrogen-bond donors (Lipinski definition) is 1. The molecule has 0 radical (unpaired) electrons. The number of anilines is 1. The van der Waals surface area contributed by atoms with Crippen LogP contribution in [0.3, 0.4) is 0 Å². The number of nitrogens with zero attached hydrogens (tertiary/aromatic N) is 1. The molecule has 1 aromatic heterocycles. The van der Waals surface area contributed by atoms with E-state index in [-0.39, 0.29) is 12.1 Å². The van der Waals surface area contributed by atoms with Gasteiger partial charge in [0.25, 0.3) is 0 Å². The molecule has 1 aliphatic carbocycles. The Bertz CT molecular complexity index is 819. The fourth-order valence-corrected chi connectivity index (χ4v) is 3.69. The molecule has 1 N–H and O–H groups in total. The van der Waals surface area contributed by atoms with Gasteiger partial charge in [-0.15, -0.1) is 0 Å². The van der Waals surface area contributed by atoms with E-state index in [0.717, 1.165) is 50.1 Å². The molecule has 2 atom stereocenters. The molecule has 2 unspecified atom stereocenters. The van der Waals surface area contributed by atoms with E-state index < -0.39 is 0 Å². The molecule has 0 spiro atoms. The average Bonchev–Trinajstić information content (AvgIpc) is 3.47. The third-order valence-electron chi connectivity index (χ3n) is 5.34. The molecule has 0 saturated heterocycles. The van der Waals surface area contributed by atoms with Crippen molar-refractivity contribution < 1.29 is 14.3 Å². The summed E-state index contributed by atoms with van der Waals surface area (Å²) in [6.45, 7) is 3.64. The molecule has 1 saturated carbocycles. The Kier molecular flexibility index (Phi) is 5.79. The van der Waals surface area contributed by atoms with Gasteiger partial charge in [0.1, 0.15) is 11.9 Å². The zero-order chi connectivity index (χ0) is 19.3. The van der Waals surface area contributed by atoms with Gasteiger partial charge in [-0.1, -0.05) is 19.1 Å². The van der Waals surface area contributed by atoms with Crippen molar-refractivity contribution in [2.75, 3.05) is 18.5 Å². The van der Waals surface area contributed by atoms with E-state index in [4.69, 9.17) is 14.5 Å². The summed E-state index contributed by atoms with van der Waals surface area (Å²) < 4.78 is 11.4. The van der Waals surface area contributed by atoms with Crippen LogP contribution in [-0.2, 0) is 22.4 Å². The first kappa shape index (κ1) is 18.8. The van der Waals surface area contributed by atoms with Crippen LogP contribution in [0.15, 0.2) is 36.4 Å². The van der Waals surface area contributed by atoms with E-state index in [1.54, 1.807) is 0 Å². The van der Waals surface area contributed by atoms with Gasteiger partial charge in [-0.3, -0.25) is 9.78 Å². The van der Waals surface area contributed by atoms with Crippen LogP contribution in [0.5, 0.6) is 5.75 Å². The quantitative estimate of drug-likeness (QED) is 0.694. The third kappa shape index (κ3) is 4.64. The number of carbonyl (C=O) groups excluding carboxylic acids is 1. The number of nitrogens with one attached hydrogen (secondary N) is 1. The number of carbonyl (C=O) groups is 1. The second-order valence-corrected chi connectivity index (χ2v) is 7.62. The molecule has 2 aliphatic rings. The first-order valence-electron chi connectivity index (χ1n) is 10.4. The molecule has 4 rings (SSSR count). The Balaban J connectivity index is 1.24. The molecule has 1 aliphatic heterocycles. The lowest BCUT2D eigenvalue weighted by Crippen LogP contribution is -2.14. The monoisotopic (exact) mass is 380 g/mol. The molecule has 1 fully saturated rings. The molecule has 148 valence electrons. The Morgan fingerprint density at radius 1 is 1.21 bits per heavy atom. The summed E-state index contributed by atoms with van der Waals surface area (Å²) in [6.07, 6.45) is 5.31. The van der Waals surface area contributed by atoms with Crippen LogP contribution in [0.25, 0.3) is 0 Å². The number of rotatable bonds is 8. The van der Waals surface area contributed by atoms with Crippen LogP contribution in [-0.4, -0.2) is 30.2 Å². The number of hydrogen-bond acceptors (Lipinski definition) is 5. The molecule has 5 nitrogen and oxygen atoms in total. The molecule has 2 heterocycles. The van der Waals surface area contributed by atoms with E-state index in [1.165, 1.54) is 16.9 Å². The Morgan fingerprint density at radius 3 is 2.89 bits per heavy atom. The summed E-state index contributed by atoms with van der Waals surface area (Å²) in [5.74, 6) is 1.12. The maximum atomic E-state index is 11.6. The number of benzene rings is 1. The number of fused-ring (bicyclic) bond motifs is 1.